The molecule has 0 saturated carbocycles. The molecule has 0 bridgehead atoms. The molecule has 1 aliphatic heterocycles. The van der Waals surface area contributed by atoms with Gasteiger partial charge in [0.05, 0.1) is 31.4 Å². The summed E-state index contributed by atoms with van der Waals surface area (Å²) in [6.07, 6.45) is 4.06. The molecule has 2 aromatic carbocycles. The molecule has 35 heavy (non-hydrogen) atoms. The van der Waals surface area contributed by atoms with Crippen molar-refractivity contribution in [3.63, 3.8) is 0 Å². The first-order chi connectivity index (χ1) is 17.0. The van der Waals surface area contributed by atoms with E-state index < -0.39 is 17.7 Å². The maximum atomic E-state index is 13.1. The van der Waals surface area contributed by atoms with Crippen LogP contribution < -0.4 is 9.47 Å². The van der Waals surface area contributed by atoms with E-state index in [9.17, 15) is 14.7 Å². The largest absolute Gasteiger partial charge is 0.507 e. The van der Waals surface area contributed by atoms with Gasteiger partial charge in [-0.3, -0.25) is 9.59 Å². The molecule has 1 aliphatic rings. The second-order valence-corrected chi connectivity index (χ2v) is 8.49. The van der Waals surface area contributed by atoms with Crippen molar-refractivity contribution in [1.29, 1.82) is 0 Å². The van der Waals surface area contributed by atoms with Crippen LogP contribution in [0.4, 0.5) is 0 Å². The second kappa shape index (κ2) is 13.0. The minimum Gasteiger partial charge on any atom is -0.507 e. The summed E-state index contributed by atoms with van der Waals surface area (Å²) in [5, 5.41) is 11.2. The van der Waals surface area contributed by atoms with Crippen LogP contribution in [0.2, 0.25) is 0 Å². The Morgan fingerprint density at radius 1 is 0.914 bits per heavy atom. The number of aliphatic hydroxyl groups is 1. The highest BCUT2D eigenvalue weighted by atomic mass is 16.5. The first kappa shape index (κ1) is 26.3. The number of likely N-dealkylation sites (tertiary alicyclic amines) is 1. The topological polar surface area (TPSA) is 85.3 Å². The van der Waals surface area contributed by atoms with Gasteiger partial charge in [0.25, 0.3) is 11.7 Å². The molecule has 0 aliphatic carbocycles. The number of benzene rings is 2. The van der Waals surface area contributed by atoms with E-state index in [0.29, 0.717) is 30.1 Å². The van der Waals surface area contributed by atoms with Gasteiger partial charge in [0.15, 0.2) is 0 Å². The molecule has 0 radical (unpaired) electrons. The summed E-state index contributed by atoms with van der Waals surface area (Å²) in [5.74, 6) is -0.296. The number of carbonyl (C=O) groups is 2. The Labute approximate surface area is 207 Å². The average molecular weight is 482 g/mol. The number of rotatable bonds is 13. The molecule has 1 unspecified atom stereocenters. The van der Waals surface area contributed by atoms with Gasteiger partial charge in [0.1, 0.15) is 17.3 Å². The molecule has 0 spiro atoms. The number of aliphatic hydroxyl groups excluding tert-OH is 1. The highest BCUT2D eigenvalue weighted by Crippen LogP contribution is 2.40. The second-order valence-electron chi connectivity index (χ2n) is 8.49. The number of hydrogen-bond acceptors (Lipinski definition) is 6. The Bertz CT molecular complexity index is 1030. The number of hydrogen-bond donors (Lipinski definition) is 1. The molecule has 1 saturated heterocycles. The van der Waals surface area contributed by atoms with Crippen LogP contribution >= 0.6 is 0 Å². The lowest BCUT2D eigenvalue weighted by atomic mass is 9.95. The SMILES string of the molecule is CCCCCOc1ccc(C2C(=C(O)c3cccc(OCCC)c3)C(=O)C(=O)N2CCOC)cc1. The van der Waals surface area contributed by atoms with Crippen molar-refractivity contribution in [2.45, 2.75) is 45.6 Å². The lowest BCUT2D eigenvalue weighted by Gasteiger charge is -2.25. The van der Waals surface area contributed by atoms with Gasteiger partial charge in [0, 0.05) is 19.2 Å². The van der Waals surface area contributed by atoms with Crippen molar-refractivity contribution in [2.75, 3.05) is 33.5 Å². The van der Waals surface area contributed by atoms with Gasteiger partial charge in [-0.2, -0.15) is 0 Å². The van der Waals surface area contributed by atoms with E-state index in [4.69, 9.17) is 14.2 Å². The molecule has 1 amide bonds. The standard InChI is InChI=1S/C28H35NO6/c1-4-6-7-17-35-22-13-11-20(12-14-22)25-24(27(31)28(32)29(25)15-18-33-3)26(30)21-9-8-10-23(19-21)34-16-5-2/h8-14,19,25,30H,4-7,15-18H2,1-3H3. The van der Waals surface area contributed by atoms with E-state index in [-0.39, 0.29) is 24.5 Å². The van der Waals surface area contributed by atoms with Gasteiger partial charge in [-0.1, -0.05) is 51.0 Å². The first-order valence-corrected chi connectivity index (χ1v) is 12.2. The molecule has 3 rings (SSSR count). The fraction of sp³-hybridized carbons (Fsp3) is 0.429. The van der Waals surface area contributed by atoms with Crippen LogP contribution in [0.15, 0.2) is 54.1 Å². The van der Waals surface area contributed by atoms with Crippen LogP contribution in [0.25, 0.3) is 5.76 Å². The van der Waals surface area contributed by atoms with Crippen LogP contribution in [-0.4, -0.2) is 55.2 Å². The Morgan fingerprint density at radius 2 is 1.66 bits per heavy atom. The van der Waals surface area contributed by atoms with Crippen molar-refractivity contribution >= 4 is 17.4 Å². The number of unbranched alkanes of at least 4 members (excludes halogenated alkanes) is 2. The van der Waals surface area contributed by atoms with Crippen molar-refractivity contribution in [3.05, 3.63) is 65.2 Å². The minimum atomic E-state index is -0.737. The smallest absolute Gasteiger partial charge is 0.295 e. The Balaban J connectivity index is 1.97. The summed E-state index contributed by atoms with van der Waals surface area (Å²) in [4.78, 5) is 27.5. The molecule has 1 N–H and O–H groups in total. The molecule has 1 atom stereocenters. The van der Waals surface area contributed by atoms with Gasteiger partial charge in [-0.25, -0.2) is 0 Å². The lowest BCUT2D eigenvalue weighted by Crippen LogP contribution is -2.32. The molecular weight excluding hydrogens is 446 g/mol. The normalized spacial score (nSPS) is 17.1. The van der Waals surface area contributed by atoms with Gasteiger partial charge in [0.2, 0.25) is 0 Å². The third-order valence-corrected chi connectivity index (χ3v) is 5.87. The Morgan fingerprint density at radius 3 is 2.34 bits per heavy atom. The van der Waals surface area contributed by atoms with Crippen LogP contribution in [0.1, 0.15) is 56.7 Å². The number of Topliss-reactive ketones (excluding diaryl/α,β-unsaturated/α-hetero) is 1. The van der Waals surface area contributed by atoms with Gasteiger partial charge in [-0.05, 0) is 42.7 Å². The summed E-state index contributed by atoms with van der Waals surface area (Å²) in [6, 6.07) is 13.5. The van der Waals surface area contributed by atoms with Crippen LogP contribution in [0, 0.1) is 0 Å². The van der Waals surface area contributed by atoms with E-state index in [2.05, 4.69) is 6.92 Å². The van der Waals surface area contributed by atoms with Crippen LogP contribution in [0.5, 0.6) is 11.5 Å². The minimum absolute atomic E-state index is 0.0513. The number of ether oxygens (including phenoxy) is 3. The maximum Gasteiger partial charge on any atom is 0.295 e. The van der Waals surface area contributed by atoms with E-state index >= 15 is 0 Å². The van der Waals surface area contributed by atoms with Crippen molar-refractivity contribution in [3.8, 4) is 11.5 Å². The summed E-state index contributed by atoms with van der Waals surface area (Å²) in [6.45, 7) is 5.81. The first-order valence-electron chi connectivity index (χ1n) is 12.2. The zero-order valence-electron chi connectivity index (χ0n) is 20.8. The molecule has 7 nitrogen and oxygen atoms in total. The third-order valence-electron chi connectivity index (χ3n) is 5.87. The number of nitrogens with zero attached hydrogens (tertiary/aromatic N) is 1. The van der Waals surface area contributed by atoms with E-state index in [0.717, 1.165) is 31.4 Å². The van der Waals surface area contributed by atoms with E-state index in [1.54, 1.807) is 24.3 Å². The van der Waals surface area contributed by atoms with Crippen molar-refractivity contribution < 1.29 is 28.9 Å². The number of ketones is 1. The number of amides is 1. The highest BCUT2D eigenvalue weighted by Gasteiger charge is 2.45. The maximum absolute atomic E-state index is 13.1. The Kier molecular flexibility index (Phi) is 9.73. The Hall–Kier alpha value is -3.32. The summed E-state index contributed by atoms with van der Waals surface area (Å²) < 4.78 is 16.7. The molecule has 7 heteroatoms. The third kappa shape index (κ3) is 6.42. The predicted octanol–water partition coefficient (Wildman–Crippen LogP) is 5.11. The van der Waals surface area contributed by atoms with E-state index in [1.165, 1.54) is 12.0 Å². The zero-order chi connectivity index (χ0) is 25.2. The summed E-state index contributed by atoms with van der Waals surface area (Å²) in [7, 11) is 1.54. The molecule has 2 aromatic rings. The molecule has 1 fully saturated rings. The van der Waals surface area contributed by atoms with Crippen molar-refractivity contribution in [1.82, 2.24) is 4.90 Å². The average Bonchev–Trinajstić information content (AvgIpc) is 3.13. The number of carbonyl (C=O) groups excluding carboxylic acids is 2. The lowest BCUT2D eigenvalue weighted by molar-refractivity contribution is -0.140. The molecule has 0 aromatic heterocycles. The number of methoxy groups -OCH3 is 1. The summed E-state index contributed by atoms with van der Waals surface area (Å²) >= 11 is 0. The highest BCUT2D eigenvalue weighted by molar-refractivity contribution is 6.46. The van der Waals surface area contributed by atoms with Gasteiger partial charge < -0.3 is 24.2 Å². The fourth-order valence-corrected chi connectivity index (χ4v) is 4.04. The predicted molar refractivity (Wildman–Crippen MR) is 135 cm³/mol. The molecule has 1 heterocycles. The van der Waals surface area contributed by atoms with Crippen molar-refractivity contribution in [2.24, 2.45) is 0 Å². The summed E-state index contributed by atoms with van der Waals surface area (Å²) in [5.41, 5.74) is 1.18. The van der Waals surface area contributed by atoms with Gasteiger partial charge >= 0.3 is 0 Å². The quantitative estimate of drug-likeness (QED) is 0.185. The van der Waals surface area contributed by atoms with Crippen LogP contribution in [-0.2, 0) is 14.3 Å². The zero-order valence-corrected chi connectivity index (χ0v) is 20.8. The van der Waals surface area contributed by atoms with E-state index in [1.807, 2.05) is 31.2 Å². The monoisotopic (exact) mass is 481 g/mol. The fourth-order valence-electron chi connectivity index (χ4n) is 4.04. The van der Waals surface area contributed by atoms with Gasteiger partial charge in [-0.15, -0.1) is 0 Å². The molecular formula is C28H35NO6. The molecule has 188 valence electrons. The van der Waals surface area contributed by atoms with Crippen LogP contribution in [0.3, 0.4) is 0 Å².